The van der Waals surface area contributed by atoms with Gasteiger partial charge in [-0.05, 0) is 19.2 Å². The summed E-state index contributed by atoms with van der Waals surface area (Å²) in [5, 5.41) is 7.80. The van der Waals surface area contributed by atoms with E-state index in [9.17, 15) is 0 Å². The summed E-state index contributed by atoms with van der Waals surface area (Å²) in [7, 11) is 3.98. The molecule has 2 aromatic heterocycles. The van der Waals surface area contributed by atoms with Gasteiger partial charge in [0.1, 0.15) is 5.82 Å². The van der Waals surface area contributed by atoms with Gasteiger partial charge in [-0.1, -0.05) is 18.2 Å². The first kappa shape index (κ1) is 13.6. The number of likely N-dealkylation sites (N-methyl/N-ethyl adjacent to an activating group) is 1. The maximum Gasteiger partial charge on any atom is 0.110 e. The molecule has 108 valence electrons. The minimum atomic E-state index is 0.198. The molecule has 0 radical (unpaired) electrons. The first-order valence-electron chi connectivity index (χ1n) is 7.01. The highest BCUT2D eigenvalue weighted by Crippen LogP contribution is 2.18. The van der Waals surface area contributed by atoms with E-state index >= 15 is 0 Å². The number of hydrogen-bond acceptors (Lipinski definition) is 3. The van der Waals surface area contributed by atoms with Crippen LogP contribution in [0.25, 0.3) is 5.69 Å². The number of nitrogens with one attached hydrogen (secondary N) is 1. The fourth-order valence-corrected chi connectivity index (χ4v) is 2.40. The number of hydrogen-bond donors (Lipinski definition) is 1. The van der Waals surface area contributed by atoms with Gasteiger partial charge in [0.05, 0.1) is 11.9 Å². The highest BCUT2D eigenvalue weighted by atomic mass is 15.3. The third-order valence-corrected chi connectivity index (χ3v) is 3.68. The van der Waals surface area contributed by atoms with Gasteiger partial charge in [-0.25, -0.2) is 9.67 Å². The second-order valence-electron chi connectivity index (χ2n) is 5.05. The molecule has 0 aliphatic heterocycles. The quantitative estimate of drug-likeness (QED) is 0.779. The molecule has 0 amide bonds. The summed E-state index contributed by atoms with van der Waals surface area (Å²) in [5.41, 5.74) is 2.22. The van der Waals surface area contributed by atoms with Crippen LogP contribution in [0.3, 0.4) is 0 Å². The molecule has 0 bridgehead atoms. The van der Waals surface area contributed by atoms with Gasteiger partial charge in [0.25, 0.3) is 0 Å². The van der Waals surface area contributed by atoms with Crippen LogP contribution in [0.15, 0.2) is 55.1 Å². The van der Waals surface area contributed by atoms with E-state index in [2.05, 4.69) is 21.6 Å². The van der Waals surface area contributed by atoms with Gasteiger partial charge < -0.3 is 9.88 Å². The molecule has 2 heterocycles. The number of aromatic nitrogens is 4. The number of nitrogens with zero attached hydrogens (tertiary/aromatic N) is 4. The Kier molecular flexibility index (Phi) is 3.83. The number of imidazole rings is 1. The molecule has 21 heavy (non-hydrogen) atoms. The molecule has 0 aliphatic carbocycles. The summed E-state index contributed by atoms with van der Waals surface area (Å²) >= 11 is 0. The lowest BCUT2D eigenvalue weighted by Crippen LogP contribution is -2.20. The minimum Gasteiger partial charge on any atom is -0.338 e. The third-order valence-electron chi connectivity index (χ3n) is 3.68. The van der Waals surface area contributed by atoms with Gasteiger partial charge in [-0.15, -0.1) is 0 Å². The van der Waals surface area contributed by atoms with Crippen LogP contribution in [0.5, 0.6) is 0 Å². The first-order valence-corrected chi connectivity index (χ1v) is 7.01. The number of rotatable bonds is 5. The summed E-state index contributed by atoms with van der Waals surface area (Å²) in [4.78, 5) is 4.39. The molecule has 1 atom stereocenters. The smallest absolute Gasteiger partial charge is 0.110 e. The van der Waals surface area contributed by atoms with Crippen molar-refractivity contribution in [3.63, 3.8) is 0 Å². The maximum atomic E-state index is 4.46. The van der Waals surface area contributed by atoms with Crippen molar-refractivity contribution in [1.82, 2.24) is 24.6 Å². The van der Waals surface area contributed by atoms with E-state index in [1.807, 2.05) is 72.3 Å². The van der Waals surface area contributed by atoms with Crippen molar-refractivity contribution < 1.29 is 0 Å². The van der Waals surface area contributed by atoms with Crippen LogP contribution in [0.4, 0.5) is 0 Å². The molecule has 3 rings (SSSR count). The highest BCUT2D eigenvalue weighted by molar-refractivity contribution is 5.31. The van der Waals surface area contributed by atoms with Crippen LogP contribution >= 0.6 is 0 Å². The summed E-state index contributed by atoms with van der Waals surface area (Å²) in [6.45, 7) is 0. The van der Waals surface area contributed by atoms with E-state index < -0.39 is 0 Å². The SMILES string of the molecule is CNC(Cc1nccn1C)c1cnn(-c2ccccc2)c1. The Hall–Kier alpha value is -2.40. The molecular formula is C16H19N5. The third kappa shape index (κ3) is 2.87. The molecule has 3 aromatic rings. The molecule has 1 aromatic carbocycles. The van der Waals surface area contributed by atoms with Crippen LogP contribution in [0.1, 0.15) is 17.4 Å². The molecular weight excluding hydrogens is 262 g/mol. The normalized spacial score (nSPS) is 12.5. The molecule has 1 unspecified atom stereocenters. The van der Waals surface area contributed by atoms with Crippen LogP contribution in [-0.4, -0.2) is 26.4 Å². The molecule has 0 fully saturated rings. The predicted octanol–water partition coefficient (Wildman–Crippen LogP) is 2.11. The van der Waals surface area contributed by atoms with Gasteiger partial charge >= 0.3 is 0 Å². The standard InChI is InChI=1S/C16H19N5/c1-17-15(10-16-18-8-9-20(16)2)13-11-19-21(12-13)14-6-4-3-5-7-14/h3-9,11-12,15,17H,10H2,1-2H3. The van der Waals surface area contributed by atoms with E-state index in [0.29, 0.717) is 0 Å². The van der Waals surface area contributed by atoms with Crippen molar-refractivity contribution in [2.75, 3.05) is 7.05 Å². The number of benzene rings is 1. The Morgan fingerprint density at radius 1 is 1.24 bits per heavy atom. The van der Waals surface area contributed by atoms with Crippen molar-refractivity contribution in [1.29, 1.82) is 0 Å². The van der Waals surface area contributed by atoms with E-state index in [4.69, 9.17) is 0 Å². The molecule has 0 spiro atoms. The Morgan fingerprint density at radius 2 is 2.05 bits per heavy atom. The lowest BCUT2D eigenvalue weighted by atomic mass is 10.1. The summed E-state index contributed by atoms with van der Waals surface area (Å²) in [6, 6.07) is 10.3. The molecule has 0 saturated heterocycles. The van der Waals surface area contributed by atoms with Gasteiger partial charge in [0, 0.05) is 43.7 Å². The Balaban J connectivity index is 1.82. The van der Waals surface area contributed by atoms with E-state index in [1.165, 1.54) is 0 Å². The highest BCUT2D eigenvalue weighted by Gasteiger charge is 2.15. The topological polar surface area (TPSA) is 47.7 Å². The second kappa shape index (κ2) is 5.93. The van der Waals surface area contributed by atoms with Crippen molar-refractivity contribution in [2.24, 2.45) is 7.05 Å². The lowest BCUT2D eigenvalue weighted by molar-refractivity contribution is 0.563. The van der Waals surface area contributed by atoms with Crippen LogP contribution in [0, 0.1) is 0 Å². The summed E-state index contributed by atoms with van der Waals surface area (Å²) in [5.74, 6) is 1.06. The van der Waals surface area contributed by atoms with Gasteiger partial charge in [-0.3, -0.25) is 0 Å². The predicted molar refractivity (Wildman–Crippen MR) is 82.3 cm³/mol. The fraction of sp³-hybridized carbons (Fsp3) is 0.250. The van der Waals surface area contributed by atoms with Crippen LogP contribution in [-0.2, 0) is 13.5 Å². The zero-order valence-corrected chi connectivity index (χ0v) is 12.3. The largest absolute Gasteiger partial charge is 0.338 e. The Bertz CT molecular complexity index is 698. The van der Waals surface area contributed by atoms with Crippen LogP contribution < -0.4 is 5.32 Å². The Morgan fingerprint density at radius 3 is 2.71 bits per heavy atom. The first-order chi connectivity index (χ1) is 10.3. The number of para-hydroxylation sites is 1. The summed E-state index contributed by atoms with van der Waals surface area (Å²) in [6.07, 6.45) is 8.61. The maximum absolute atomic E-state index is 4.46. The van der Waals surface area contributed by atoms with Gasteiger partial charge in [-0.2, -0.15) is 5.10 Å². The van der Waals surface area contributed by atoms with E-state index in [0.717, 1.165) is 23.5 Å². The fourth-order valence-electron chi connectivity index (χ4n) is 2.40. The molecule has 1 N–H and O–H groups in total. The minimum absolute atomic E-state index is 0.198. The average molecular weight is 281 g/mol. The zero-order valence-electron chi connectivity index (χ0n) is 12.3. The van der Waals surface area contributed by atoms with Crippen LogP contribution in [0.2, 0.25) is 0 Å². The van der Waals surface area contributed by atoms with Crippen molar-refractivity contribution in [3.05, 3.63) is 66.5 Å². The van der Waals surface area contributed by atoms with Crippen molar-refractivity contribution >= 4 is 0 Å². The monoisotopic (exact) mass is 281 g/mol. The number of aryl methyl sites for hydroxylation is 1. The van der Waals surface area contributed by atoms with Gasteiger partial charge in [0.2, 0.25) is 0 Å². The molecule has 5 nitrogen and oxygen atoms in total. The lowest BCUT2D eigenvalue weighted by Gasteiger charge is -2.14. The van der Waals surface area contributed by atoms with E-state index in [-0.39, 0.29) is 6.04 Å². The van der Waals surface area contributed by atoms with Gasteiger partial charge in [0.15, 0.2) is 0 Å². The second-order valence-corrected chi connectivity index (χ2v) is 5.05. The zero-order chi connectivity index (χ0) is 14.7. The average Bonchev–Trinajstić information content (AvgIpc) is 3.15. The molecule has 0 aliphatic rings. The van der Waals surface area contributed by atoms with Crippen molar-refractivity contribution in [3.8, 4) is 5.69 Å². The van der Waals surface area contributed by atoms with E-state index in [1.54, 1.807) is 0 Å². The molecule has 0 saturated carbocycles. The Labute approximate surface area is 124 Å². The molecule has 5 heteroatoms. The van der Waals surface area contributed by atoms with Crippen molar-refractivity contribution in [2.45, 2.75) is 12.5 Å². The summed E-state index contributed by atoms with van der Waals surface area (Å²) < 4.78 is 3.95.